The van der Waals surface area contributed by atoms with Gasteiger partial charge in [0.15, 0.2) is 0 Å². The van der Waals surface area contributed by atoms with E-state index in [9.17, 15) is 0 Å². The molecule has 2 rings (SSSR count). The van der Waals surface area contributed by atoms with Crippen molar-refractivity contribution in [1.82, 2.24) is 5.32 Å². The van der Waals surface area contributed by atoms with Gasteiger partial charge in [-0.2, -0.15) is 0 Å². The number of rotatable bonds is 5. The predicted molar refractivity (Wildman–Crippen MR) is 75.9 cm³/mol. The van der Waals surface area contributed by atoms with Crippen molar-refractivity contribution >= 4 is 0 Å². The number of hydrogen-bond acceptors (Lipinski definition) is 2. The Hall–Kier alpha value is -1.02. The van der Waals surface area contributed by atoms with E-state index in [-0.39, 0.29) is 0 Å². The second-order valence-corrected chi connectivity index (χ2v) is 5.80. The molecule has 18 heavy (non-hydrogen) atoms. The smallest absolute Gasteiger partial charge is 0.123 e. The molecular formula is C16H25NO. The van der Waals surface area contributed by atoms with E-state index in [1.807, 2.05) is 12.1 Å². The van der Waals surface area contributed by atoms with Gasteiger partial charge in [0.25, 0.3) is 0 Å². The summed E-state index contributed by atoms with van der Waals surface area (Å²) >= 11 is 0. The largest absolute Gasteiger partial charge is 0.496 e. The molecule has 2 nitrogen and oxygen atoms in total. The van der Waals surface area contributed by atoms with Crippen LogP contribution in [0.2, 0.25) is 0 Å². The molecule has 0 heterocycles. The quantitative estimate of drug-likeness (QED) is 0.855. The Balaban J connectivity index is 1.91. The fraction of sp³-hybridized carbons (Fsp3) is 0.625. The van der Waals surface area contributed by atoms with Crippen molar-refractivity contribution in [2.45, 2.75) is 45.7 Å². The highest BCUT2D eigenvalue weighted by molar-refractivity contribution is 5.35. The molecule has 2 heteroatoms. The molecule has 100 valence electrons. The topological polar surface area (TPSA) is 21.3 Å². The van der Waals surface area contributed by atoms with E-state index >= 15 is 0 Å². The lowest BCUT2D eigenvalue weighted by Gasteiger charge is -2.40. The van der Waals surface area contributed by atoms with E-state index in [1.165, 1.54) is 18.4 Å². The molecule has 0 bridgehead atoms. The van der Waals surface area contributed by atoms with Gasteiger partial charge >= 0.3 is 0 Å². The van der Waals surface area contributed by atoms with Crippen molar-refractivity contribution in [2.75, 3.05) is 7.11 Å². The number of methoxy groups -OCH3 is 1. The summed E-state index contributed by atoms with van der Waals surface area (Å²) in [5, 5.41) is 3.71. The highest BCUT2D eigenvalue weighted by Crippen LogP contribution is 2.35. The van der Waals surface area contributed by atoms with Crippen LogP contribution in [0.3, 0.4) is 0 Å². The van der Waals surface area contributed by atoms with Crippen molar-refractivity contribution in [3.63, 3.8) is 0 Å². The SMILES string of the molecule is COc1ccccc1[C@H](C)NC1CC(C(C)C)C1. The third-order valence-corrected chi connectivity index (χ3v) is 4.21. The fourth-order valence-corrected chi connectivity index (χ4v) is 2.81. The Morgan fingerprint density at radius 2 is 1.83 bits per heavy atom. The van der Waals surface area contributed by atoms with Crippen molar-refractivity contribution in [3.05, 3.63) is 29.8 Å². The van der Waals surface area contributed by atoms with E-state index in [0.29, 0.717) is 12.1 Å². The standard InChI is InChI=1S/C16H25NO/c1-11(2)13-9-14(10-13)17-12(3)15-7-5-6-8-16(15)18-4/h5-8,11-14,17H,9-10H2,1-4H3/t12-,13?,14?/m0/s1. The first-order chi connectivity index (χ1) is 8.61. The minimum Gasteiger partial charge on any atom is -0.496 e. The van der Waals surface area contributed by atoms with Gasteiger partial charge in [0.1, 0.15) is 5.75 Å². The van der Waals surface area contributed by atoms with E-state index in [4.69, 9.17) is 4.74 Å². The van der Waals surface area contributed by atoms with Gasteiger partial charge in [0.2, 0.25) is 0 Å². The fourth-order valence-electron chi connectivity index (χ4n) is 2.81. The lowest BCUT2D eigenvalue weighted by Crippen LogP contribution is -2.44. The average Bonchev–Trinajstić information content (AvgIpc) is 2.32. The summed E-state index contributed by atoms with van der Waals surface area (Å²) in [6, 6.07) is 9.32. The van der Waals surface area contributed by atoms with Gasteiger partial charge in [-0.1, -0.05) is 32.0 Å². The minimum absolute atomic E-state index is 0.360. The molecular weight excluding hydrogens is 222 g/mol. The average molecular weight is 247 g/mol. The van der Waals surface area contributed by atoms with Crippen molar-refractivity contribution in [3.8, 4) is 5.75 Å². The van der Waals surface area contributed by atoms with Gasteiger partial charge in [-0.25, -0.2) is 0 Å². The van der Waals surface area contributed by atoms with Crippen LogP contribution in [-0.4, -0.2) is 13.2 Å². The summed E-state index contributed by atoms with van der Waals surface area (Å²) in [5.74, 6) is 2.72. The summed E-state index contributed by atoms with van der Waals surface area (Å²) in [6.07, 6.45) is 2.63. The first-order valence-corrected chi connectivity index (χ1v) is 7.00. The molecule has 0 aromatic heterocycles. The van der Waals surface area contributed by atoms with Crippen LogP contribution in [0.25, 0.3) is 0 Å². The van der Waals surface area contributed by atoms with Crippen molar-refractivity contribution < 1.29 is 4.74 Å². The summed E-state index contributed by atoms with van der Waals surface area (Å²) in [5.41, 5.74) is 1.26. The molecule has 0 aliphatic heterocycles. The van der Waals surface area contributed by atoms with Crippen molar-refractivity contribution in [1.29, 1.82) is 0 Å². The van der Waals surface area contributed by atoms with E-state index in [1.54, 1.807) is 7.11 Å². The summed E-state index contributed by atoms with van der Waals surface area (Å²) in [7, 11) is 1.74. The molecule has 0 unspecified atom stereocenters. The summed E-state index contributed by atoms with van der Waals surface area (Å²) in [6.45, 7) is 6.87. The van der Waals surface area contributed by atoms with E-state index < -0.39 is 0 Å². The van der Waals surface area contributed by atoms with Gasteiger partial charge in [-0.3, -0.25) is 0 Å². The summed E-state index contributed by atoms with van der Waals surface area (Å²) < 4.78 is 5.42. The number of para-hydroxylation sites is 1. The lowest BCUT2D eigenvalue weighted by atomic mass is 9.73. The monoisotopic (exact) mass is 247 g/mol. The normalized spacial score (nSPS) is 24.7. The second kappa shape index (κ2) is 5.75. The zero-order valence-electron chi connectivity index (χ0n) is 11.9. The molecule has 1 aliphatic rings. The Morgan fingerprint density at radius 1 is 1.17 bits per heavy atom. The number of ether oxygens (including phenoxy) is 1. The van der Waals surface area contributed by atoms with Crippen LogP contribution in [0.4, 0.5) is 0 Å². The third kappa shape index (κ3) is 2.86. The molecule has 1 aliphatic carbocycles. The van der Waals surface area contributed by atoms with Crippen LogP contribution < -0.4 is 10.1 Å². The zero-order chi connectivity index (χ0) is 13.1. The number of hydrogen-bond donors (Lipinski definition) is 1. The maximum atomic E-state index is 5.42. The maximum Gasteiger partial charge on any atom is 0.123 e. The Morgan fingerprint density at radius 3 is 2.44 bits per heavy atom. The van der Waals surface area contributed by atoms with E-state index in [0.717, 1.165) is 17.6 Å². The molecule has 0 amide bonds. The minimum atomic E-state index is 0.360. The molecule has 1 saturated carbocycles. The molecule has 1 N–H and O–H groups in total. The Labute approximate surface area is 111 Å². The highest BCUT2D eigenvalue weighted by Gasteiger charge is 2.32. The van der Waals surface area contributed by atoms with Gasteiger partial charge in [0.05, 0.1) is 7.11 Å². The van der Waals surface area contributed by atoms with Gasteiger partial charge in [0, 0.05) is 17.6 Å². The first-order valence-electron chi connectivity index (χ1n) is 7.00. The molecule has 0 radical (unpaired) electrons. The molecule has 1 atom stereocenters. The number of benzene rings is 1. The third-order valence-electron chi connectivity index (χ3n) is 4.21. The lowest BCUT2D eigenvalue weighted by molar-refractivity contribution is 0.159. The van der Waals surface area contributed by atoms with Gasteiger partial charge in [-0.15, -0.1) is 0 Å². The maximum absolute atomic E-state index is 5.42. The Bertz CT molecular complexity index is 382. The highest BCUT2D eigenvalue weighted by atomic mass is 16.5. The molecule has 1 aromatic rings. The molecule has 0 spiro atoms. The van der Waals surface area contributed by atoms with Crippen molar-refractivity contribution in [2.24, 2.45) is 11.8 Å². The van der Waals surface area contributed by atoms with Crippen LogP contribution in [0.5, 0.6) is 5.75 Å². The zero-order valence-corrected chi connectivity index (χ0v) is 11.9. The van der Waals surface area contributed by atoms with E-state index in [2.05, 4.69) is 38.2 Å². The predicted octanol–water partition coefficient (Wildman–Crippen LogP) is 3.78. The van der Waals surface area contributed by atoms with Crippen LogP contribution in [-0.2, 0) is 0 Å². The molecule has 1 fully saturated rings. The van der Waals surface area contributed by atoms with Crippen LogP contribution >= 0.6 is 0 Å². The summed E-state index contributed by atoms with van der Waals surface area (Å²) in [4.78, 5) is 0. The molecule has 0 saturated heterocycles. The molecule has 1 aromatic carbocycles. The second-order valence-electron chi connectivity index (χ2n) is 5.80. The Kier molecular flexibility index (Phi) is 4.28. The number of nitrogens with one attached hydrogen (secondary N) is 1. The van der Waals surface area contributed by atoms with Gasteiger partial charge < -0.3 is 10.1 Å². The van der Waals surface area contributed by atoms with Crippen LogP contribution in [0.1, 0.15) is 45.2 Å². The first kappa shape index (κ1) is 13.4. The van der Waals surface area contributed by atoms with Crippen LogP contribution in [0.15, 0.2) is 24.3 Å². The van der Waals surface area contributed by atoms with Crippen LogP contribution in [0, 0.1) is 11.8 Å². The van der Waals surface area contributed by atoms with Gasteiger partial charge in [-0.05, 0) is 37.7 Å².